The second-order valence-electron chi connectivity index (χ2n) is 8.05. The van der Waals surface area contributed by atoms with Gasteiger partial charge >= 0.3 is 5.97 Å². The van der Waals surface area contributed by atoms with E-state index in [2.05, 4.69) is 6.92 Å². The molecule has 7 heteroatoms. The van der Waals surface area contributed by atoms with Gasteiger partial charge in [-0.2, -0.15) is 0 Å². The first-order valence-electron chi connectivity index (χ1n) is 11.3. The van der Waals surface area contributed by atoms with Crippen LogP contribution in [0.15, 0.2) is 0 Å². The van der Waals surface area contributed by atoms with Gasteiger partial charge in [0.1, 0.15) is 12.2 Å². The van der Waals surface area contributed by atoms with Crippen molar-refractivity contribution in [2.45, 2.75) is 128 Å². The average Bonchev–Trinajstić information content (AvgIpc) is 2.71. The molecule has 0 aromatic rings. The Balaban J connectivity index is 3.63. The summed E-state index contributed by atoms with van der Waals surface area (Å²) in [6.45, 7) is 2.23. The molecule has 0 aromatic carbocycles. The Labute approximate surface area is 175 Å². The SMILES string of the molecule is CCCCCCCCCCCCCCCCC(O)[C@H](O)[C@@H](O)[C@@H](O)C(=O)C(=O)O. The smallest absolute Gasteiger partial charge is 0.375 e. The Morgan fingerprint density at radius 3 is 1.38 bits per heavy atom. The van der Waals surface area contributed by atoms with E-state index in [4.69, 9.17) is 5.11 Å². The van der Waals surface area contributed by atoms with E-state index in [0.29, 0.717) is 6.42 Å². The average molecular weight is 419 g/mol. The van der Waals surface area contributed by atoms with Gasteiger partial charge in [-0.3, -0.25) is 4.79 Å². The van der Waals surface area contributed by atoms with Crippen LogP contribution in [0, 0.1) is 0 Å². The molecule has 0 aliphatic carbocycles. The number of aliphatic hydroxyl groups is 4. The molecule has 4 atom stereocenters. The molecule has 29 heavy (non-hydrogen) atoms. The summed E-state index contributed by atoms with van der Waals surface area (Å²) in [6, 6.07) is 0. The summed E-state index contributed by atoms with van der Waals surface area (Å²) in [6.07, 6.45) is 9.62. The highest BCUT2D eigenvalue weighted by atomic mass is 16.4. The van der Waals surface area contributed by atoms with Crippen molar-refractivity contribution in [3.63, 3.8) is 0 Å². The summed E-state index contributed by atoms with van der Waals surface area (Å²) >= 11 is 0. The van der Waals surface area contributed by atoms with Crippen molar-refractivity contribution in [1.29, 1.82) is 0 Å². The standard InChI is InChI=1S/C22H42O7/c1-2-3-4-5-6-7-8-9-10-11-12-13-14-15-16-17(23)18(24)19(25)20(26)21(27)22(28)29/h17-20,23-26H,2-16H2,1H3,(H,28,29)/t17?,18-,19+,20+/m0/s1. The van der Waals surface area contributed by atoms with Crippen LogP contribution in [0.3, 0.4) is 0 Å². The molecular formula is C22H42O7. The molecule has 7 nitrogen and oxygen atoms in total. The van der Waals surface area contributed by atoms with Crippen molar-refractivity contribution in [3.8, 4) is 0 Å². The third-order valence-corrected chi connectivity index (χ3v) is 5.40. The Morgan fingerprint density at radius 1 is 0.621 bits per heavy atom. The zero-order valence-corrected chi connectivity index (χ0v) is 18.0. The van der Waals surface area contributed by atoms with E-state index in [1.807, 2.05) is 0 Å². The number of unbranched alkanes of at least 4 members (excludes halogenated alkanes) is 13. The minimum absolute atomic E-state index is 0.213. The number of ketones is 1. The molecule has 0 spiro atoms. The van der Waals surface area contributed by atoms with E-state index in [1.54, 1.807) is 0 Å². The quantitative estimate of drug-likeness (QED) is 0.151. The lowest BCUT2D eigenvalue weighted by Gasteiger charge is -2.25. The minimum atomic E-state index is -2.26. The molecule has 0 heterocycles. The molecule has 0 fully saturated rings. The van der Waals surface area contributed by atoms with Crippen molar-refractivity contribution < 1.29 is 35.1 Å². The third-order valence-electron chi connectivity index (χ3n) is 5.40. The molecule has 0 saturated carbocycles. The molecule has 0 saturated heterocycles. The van der Waals surface area contributed by atoms with Gasteiger partial charge in [-0.05, 0) is 6.42 Å². The van der Waals surface area contributed by atoms with Crippen LogP contribution < -0.4 is 0 Å². The molecule has 0 amide bonds. The van der Waals surface area contributed by atoms with Gasteiger partial charge in [0, 0.05) is 0 Å². The monoisotopic (exact) mass is 418 g/mol. The fraction of sp³-hybridized carbons (Fsp3) is 0.909. The van der Waals surface area contributed by atoms with E-state index in [9.17, 15) is 30.0 Å². The van der Waals surface area contributed by atoms with E-state index < -0.39 is 36.2 Å². The summed E-state index contributed by atoms with van der Waals surface area (Å²) in [5, 5.41) is 47.2. The van der Waals surface area contributed by atoms with Crippen LogP contribution in [0.25, 0.3) is 0 Å². The predicted octanol–water partition coefficient (Wildman–Crippen LogP) is 2.96. The largest absolute Gasteiger partial charge is 0.475 e. The lowest BCUT2D eigenvalue weighted by atomic mass is 9.96. The van der Waals surface area contributed by atoms with E-state index in [0.717, 1.165) is 19.3 Å². The topological polar surface area (TPSA) is 135 Å². The molecule has 0 aliphatic heterocycles. The van der Waals surface area contributed by atoms with Gasteiger partial charge in [-0.15, -0.1) is 0 Å². The summed E-state index contributed by atoms with van der Waals surface area (Å²) in [4.78, 5) is 21.6. The van der Waals surface area contributed by atoms with Gasteiger partial charge in [0.25, 0.3) is 5.78 Å². The molecule has 0 rings (SSSR count). The Kier molecular flexibility index (Phi) is 17.2. The number of carboxylic acids is 1. The Bertz CT molecular complexity index is 427. The van der Waals surface area contributed by atoms with E-state index in [-0.39, 0.29) is 6.42 Å². The summed E-state index contributed by atoms with van der Waals surface area (Å²) in [5.41, 5.74) is 0. The number of carboxylic acid groups (broad SMARTS) is 1. The van der Waals surface area contributed by atoms with Gasteiger partial charge in [0.15, 0.2) is 6.10 Å². The van der Waals surface area contributed by atoms with Crippen LogP contribution in [0.4, 0.5) is 0 Å². The Morgan fingerprint density at radius 2 is 1.00 bits per heavy atom. The molecule has 0 aliphatic rings. The molecular weight excluding hydrogens is 376 g/mol. The maximum absolute atomic E-state index is 11.1. The van der Waals surface area contributed by atoms with Crippen LogP contribution >= 0.6 is 0 Å². The van der Waals surface area contributed by atoms with Crippen molar-refractivity contribution >= 4 is 11.8 Å². The zero-order valence-electron chi connectivity index (χ0n) is 18.0. The third kappa shape index (κ3) is 13.8. The number of carbonyl (C=O) groups is 2. The van der Waals surface area contributed by atoms with Gasteiger partial charge < -0.3 is 25.5 Å². The van der Waals surface area contributed by atoms with Crippen LogP contribution in [0.5, 0.6) is 0 Å². The lowest BCUT2D eigenvalue weighted by Crippen LogP contribution is -2.49. The first-order valence-corrected chi connectivity index (χ1v) is 11.3. The minimum Gasteiger partial charge on any atom is -0.475 e. The van der Waals surface area contributed by atoms with Crippen molar-refractivity contribution in [2.24, 2.45) is 0 Å². The van der Waals surface area contributed by atoms with Crippen LogP contribution in [-0.4, -0.2) is 61.7 Å². The highest BCUT2D eigenvalue weighted by molar-refractivity contribution is 6.34. The van der Waals surface area contributed by atoms with Crippen LogP contribution in [-0.2, 0) is 9.59 Å². The molecule has 0 radical (unpaired) electrons. The highest BCUT2D eigenvalue weighted by Crippen LogP contribution is 2.15. The van der Waals surface area contributed by atoms with Gasteiger partial charge in [0.05, 0.1) is 6.10 Å². The Hall–Kier alpha value is -1.02. The number of aliphatic hydroxyl groups excluding tert-OH is 4. The fourth-order valence-corrected chi connectivity index (χ4v) is 3.41. The number of rotatable bonds is 20. The van der Waals surface area contributed by atoms with Crippen LogP contribution in [0.1, 0.15) is 103 Å². The normalized spacial score (nSPS) is 15.6. The summed E-state index contributed by atoms with van der Waals surface area (Å²) in [7, 11) is 0. The second-order valence-corrected chi connectivity index (χ2v) is 8.05. The number of Topliss-reactive ketones (excluding diaryl/α,β-unsaturated/α-hetero) is 1. The molecule has 0 bridgehead atoms. The van der Waals surface area contributed by atoms with Crippen molar-refractivity contribution in [1.82, 2.24) is 0 Å². The van der Waals surface area contributed by atoms with Crippen LogP contribution in [0.2, 0.25) is 0 Å². The molecule has 172 valence electrons. The first kappa shape index (κ1) is 28.0. The summed E-state index contributed by atoms with van der Waals surface area (Å²) < 4.78 is 0. The van der Waals surface area contributed by atoms with E-state index in [1.165, 1.54) is 64.2 Å². The zero-order chi connectivity index (χ0) is 22.1. The second kappa shape index (κ2) is 17.8. The van der Waals surface area contributed by atoms with Gasteiger partial charge in [0.2, 0.25) is 0 Å². The van der Waals surface area contributed by atoms with Crippen molar-refractivity contribution in [2.75, 3.05) is 0 Å². The number of hydrogen-bond donors (Lipinski definition) is 5. The van der Waals surface area contributed by atoms with E-state index >= 15 is 0 Å². The predicted molar refractivity (Wildman–Crippen MR) is 112 cm³/mol. The van der Waals surface area contributed by atoms with Gasteiger partial charge in [-0.25, -0.2) is 4.79 Å². The number of aliphatic carboxylic acids is 1. The summed E-state index contributed by atoms with van der Waals surface area (Å²) in [5.74, 6) is -3.51. The maximum Gasteiger partial charge on any atom is 0.375 e. The van der Waals surface area contributed by atoms with Gasteiger partial charge in [-0.1, -0.05) is 96.8 Å². The fourth-order valence-electron chi connectivity index (χ4n) is 3.41. The first-order chi connectivity index (χ1) is 13.8. The number of carbonyl (C=O) groups excluding carboxylic acids is 1. The molecule has 1 unspecified atom stereocenters. The number of hydrogen-bond acceptors (Lipinski definition) is 6. The highest BCUT2D eigenvalue weighted by Gasteiger charge is 2.36. The maximum atomic E-state index is 11.1. The van der Waals surface area contributed by atoms with Crippen molar-refractivity contribution in [3.05, 3.63) is 0 Å². The molecule has 0 aromatic heterocycles. The molecule has 5 N–H and O–H groups in total. The lowest BCUT2D eigenvalue weighted by molar-refractivity contribution is -0.161.